The lowest BCUT2D eigenvalue weighted by Crippen LogP contribution is -2.34. The summed E-state index contributed by atoms with van der Waals surface area (Å²) < 4.78 is 10.6. The van der Waals surface area contributed by atoms with Crippen molar-refractivity contribution in [2.45, 2.75) is 51.6 Å². The molecule has 0 radical (unpaired) electrons. The first-order valence-electron chi connectivity index (χ1n) is 7.69. The Labute approximate surface area is 122 Å². The summed E-state index contributed by atoms with van der Waals surface area (Å²) in [5, 5.41) is 3.66. The number of rotatable bonds is 6. The van der Waals surface area contributed by atoms with E-state index in [2.05, 4.69) is 24.4 Å². The minimum absolute atomic E-state index is 0.586. The molecule has 1 saturated carbocycles. The van der Waals surface area contributed by atoms with Gasteiger partial charge < -0.3 is 14.8 Å². The molecule has 0 aromatic heterocycles. The highest BCUT2D eigenvalue weighted by molar-refractivity contribution is 5.42. The first-order valence-corrected chi connectivity index (χ1v) is 7.69. The van der Waals surface area contributed by atoms with Crippen LogP contribution in [0.3, 0.4) is 0 Å². The number of benzene rings is 1. The molecule has 112 valence electrons. The zero-order valence-corrected chi connectivity index (χ0v) is 12.9. The Kier molecular flexibility index (Phi) is 5.72. The monoisotopic (exact) mass is 277 g/mol. The van der Waals surface area contributed by atoms with E-state index in [1.54, 1.807) is 14.2 Å². The average molecular weight is 277 g/mol. The highest BCUT2D eigenvalue weighted by Crippen LogP contribution is 2.28. The van der Waals surface area contributed by atoms with E-state index in [1.165, 1.54) is 37.7 Å². The standard InChI is InChI=1S/C17H27NO2/c1-13(15-7-5-4-6-8-15)18-12-14-9-10-16(19-2)17(11-14)20-3/h9-11,13,15,18H,4-8,12H2,1-3H3/t13-/m1/s1. The van der Waals surface area contributed by atoms with Crippen LogP contribution >= 0.6 is 0 Å². The van der Waals surface area contributed by atoms with E-state index >= 15 is 0 Å². The van der Waals surface area contributed by atoms with Crippen LogP contribution in [0.25, 0.3) is 0 Å². The van der Waals surface area contributed by atoms with Crippen LogP contribution in [-0.2, 0) is 6.54 Å². The third-order valence-electron chi connectivity index (χ3n) is 4.43. The number of hydrogen-bond acceptors (Lipinski definition) is 3. The molecule has 2 rings (SSSR count). The van der Waals surface area contributed by atoms with Gasteiger partial charge in [0, 0.05) is 12.6 Å². The molecule has 0 unspecified atom stereocenters. The van der Waals surface area contributed by atoms with Gasteiger partial charge in [-0.05, 0) is 43.4 Å². The van der Waals surface area contributed by atoms with Gasteiger partial charge in [0.15, 0.2) is 11.5 Å². The summed E-state index contributed by atoms with van der Waals surface area (Å²) in [5.41, 5.74) is 1.24. The average Bonchev–Trinajstić information content (AvgIpc) is 2.53. The summed E-state index contributed by atoms with van der Waals surface area (Å²) in [5.74, 6) is 2.43. The van der Waals surface area contributed by atoms with Crippen molar-refractivity contribution in [2.75, 3.05) is 14.2 Å². The maximum absolute atomic E-state index is 5.35. The number of methoxy groups -OCH3 is 2. The molecular formula is C17H27NO2. The van der Waals surface area contributed by atoms with Crippen molar-refractivity contribution >= 4 is 0 Å². The highest BCUT2D eigenvalue weighted by atomic mass is 16.5. The predicted molar refractivity (Wildman–Crippen MR) is 82.4 cm³/mol. The molecule has 0 heterocycles. The third-order valence-corrected chi connectivity index (χ3v) is 4.43. The van der Waals surface area contributed by atoms with E-state index in [4.69, 9.17) is 9.47 Å². The number of hydrogen-bond donors (Lipinski definition) is 1. The summed E-state index contributed by atoms with van der Waals surface area (Å²) in [6.45, 7) is 3.20. The van der Waals surface area contributed by atoms with Crippen molar-refractivity contribution in [3.05, 3.63) is 23.8 Å². The summed E-state index contributed by atoms with van der Waals surface area (Å²) in [6.07, 6.45) is 6.96. The van der Waals surface area contributed by atoms with Gasteiger partial charge in [0.05, 0.1) is 14.2 Å². The van der Waals surface area contributed by atoms with Crippen molar-refractivity contribution in [3.63, 3.8) is 0 Å². The van der Waals surface area contributed by atoms with Crippen LogP contribution < -0.4 is 14.8 Å². The molecule has 1 aromatic carbocycles. The largest absolute Gasteiger partial charge is 0.493 e. The summed E-state index contributed by atoms with van der Waals surface area (Å²) in [4.78, 5) is 0. The van der Waals surface area contributed by atoms with Crippen LogP contribution in [0, 0.1) is 5.92 Å². The fourth-order valence-electron chi connectivity index (χ4n) is 3.07. The Morgan fingerprint density at radius 2 is 1.80 bits per heavy atom. The zero-order valence-electron chi connectivity index (χ0n) is 12.9. The van der Waals surface area contributed by atoms with Crippen molar-refractivity contribution < 1.29 is 9.47 Å². The van der Waals surface area contributed by atoms with Crippen LogP contribution in [-0.4, -0.2) is 20.3 Å². The predicted octanol–water partition coefficient (Wildman–Crippen LogP) is 3.76. The normalized spacial score (nSPS) is 17.8. The fourth-order valence-corrected chi connectivity index (χ4v) is 3.07. The van der Waals surface area contributed by atoms with Crippen LogP contribution in [0.15, 0.2) is 18.2 Å². The van der Waals surface area contributed by atoms with E-state index in [9.17, 15) is 0 Å². The second kappa shape index (κ2) is 7.53. The Bertz CT molecular complexity index is 413. The Balaban J connectivity index is 1.89. The topological polar surface area (TPSA) is 30.5 Å². The number of ether oxygens (including phenoxy) is 2. The molecule has 1 aliphatic carbocycles. The lowest BCUT2D eigenvalue weighted by molar-refractivity contribution is 0.280. The van der Waals surface area contributed by atoms with Gasteiger partial charge in [0.25, 0.3) is 0 Å². The lowest BCUT2D eigenvalue weighted by atomic mass is 9.84. The molecule has 1 N–H and O–H groups in total. The van der Waals surface area contributed by atoms with Gasteiger partial charge in [-0.1, -0.05) is 25.3 Å². The molecule has 0 bridgehead atoms. The SMILES string of the molecule is COc1ccc(CN[C@H](C)C2CCCCC2)cc1OC. The van der Waals surface area contributed by atoms with Crippen molar-refractivity contribution in [2.24, 2.45) is 5.92 Å². The second-order valence-electron chi connectivity index (χ2n) is 5.76. The van der Waals surface area contributed by atoms with Gasteiger partial charge in [0.1, 0.15) is 0 Å². The molecule has 3 nitrogen and oxygen atoms in total. The molecule has 0 saturated heterocycles. The van der Waals surface area contributed by atoms with Crippen molar-refractivity contribution in [3.8, 4) is 11.5 Å². The summed E-state index contributed by atoms with van der Waals surface area (Å²) in [6, 6.07) is 6.71. The maximum Gasteiger partial charge on any atom is 0.161 e. The first-order chi connectivity index (χ1) is 9.74. The zero-order chi connectivity index (χ0) is 14.4. The molecule has 0 spiro atoms. The Hall–Kier alpha value is -1.22. The first kappa shape index (κ1) is 15.2. The van der Waals surface area contributed by atoms with Crippen molar-refractivity contribution in [1.29, 1.82) is 0 Å². The maximum atomic E-state index is 5.35. The number of nitrogens with one attached hydrogen (secondary N) is 1. The second-order valence-corrected chi connectivity index (χ2v) is 5.76. The molecule has 1 aromatic rings. The van der Waals surface area contributed by atoms with Gasteiger partial charge in [-0.15, -0.1) is 0 Å². The lowest BCUT2D eigenvalue weighted by Gasteiger charge is -2.28. The highest BCUT2D eigenvalue weighted by Gasteiger charge is 2.19. The van der Waals surface area contributed by atoms with Gasteiger partial charge in [-0.25, -0.2) is 0 Å². The van der Waals surface area contributed by atoms with Crippen molar-refractivity contribution in [1.82, 2.24) is 5.32 Å². The molecule has 0 amide bonds. The third kappa shape index (κ3) is 3.89. The van der Waals surface area contributed by atoms with E-state index in [0.29, 0.717) is 6.04 Å². The van der Waals surface area contributed by atoms with Crippen LogP contribution in [0.4, 0.5) is 0 Å². The fraction of sp³-hybridized carbons (Fsp3) is 0.647. The minimum atomic E-state index is 0.586. The molecule has 3 heteroatoms. The van der Waals surface area contributed by atoms with E-state index in [-0.39, 0.29) is 0 Å². The van der Waals surface area contributed by atoms with Crippen LogP contribution in [0.5, 0.6) is 11.5 Å². The molecule has 1 atom stereocenters. The van der Waals surface area contributed by atoms with Crippen LogP contribution in [0.2, 0.25) is 0 Å². The van der Waals surface area contributed by atoms with E-state index in [0.717, 1.165) is 24.0 Å². The van der Waals surface area contributed by atoms with Gasteiger partial charge in [-0.2, -0.15) is 0 Å². The van der Waals surface area contributed by atoms with Gasteiger partial charge in [-0.3, -0.25) is 0 Å². The van der Waals surface area contributed by atoms with Gasteiger partial charge >= 0.3 is 0 Å². The summed E-state index contributed by atoms with van der Waals surface area (Å²) in [7, 11) is 3.35. The minimum Gasteiger partial charge on any atom is -0.493 e. The van der Waals surface area contributed by atoms with E-state index < -0.39 is 0 Å². The smallest absolute Gasteiger partial charge is 0.161 e. The summed E-state index contributed by atoms with van der Waals surface area (Å²) >= 11 is 0. The van der Waals surface area contributed by atoms with Gasteiger partial charge in [0.2, 0.25) is 0 Å². The Morgan fingerprint density at radius 1 is 1.10 bits per heavy atom. The molecule has 1 aliphatic rings. The van der Waals surface area contributed by atoms with Crippen LogP contribution in [0.1, 0.15) is 44.6 Å². The molecule has 1 fully saturated rings. The Morgan fingerprint density at radius 3 is 2.45 bits per heavy atom. The quantitative estimate of drug-likeness (QED) is 0.858. The molecule has 20 heavy (non-hydrogen) atoms. The molecular weight excluding hydrogens is 250 g/mol. The van der Waals surface area contributed by atoms with E-state index in [1.807, 2.05) is 6.07 Å². The molecule has 0 aliphatic heterocycles.